The SMILES string of the molecule is O=C(O)[C@H]1C[C@H](C(=O)NCc2ccccn2)CN(C2CCCCCC2)C1. The number of nitrogens with zero attached hydrogens (tertiary/aromatic N) is 2. The molecule has 0 aromatic carbocycles. The van der Waals surface area contributed by atoms with Crippen molar-refractivity contribution in [2.75, 3.05) is 13.1 Å². The summed E-state index contributed by atoms with van der Waals surface area (Å²) in [7, 11) is 0. The van der Waals surface area contributed by atoms with Crippen molar-refractivity contribution in [2.45, 2.75) is 57.5 Å². The standard InChI is InChI=1S/C20H29N3O3/c24-19(22-12-17-7-5-6-10-21-17)15-11-16(20(25)26)14-23(13-15)18-8-3-1-2-4-9-18/h5-7,10,15-16,18H,1-4,8-9,11-14H2,(H,22,24)(H,25,26)/t15-,16-/m0/s1. The molecular weight excluding hydrogens is 330 g/mol. The number of aromatic nitrogens is 1. The lowest BCUT2D eigenvalue weighted by Crippen LogP contribution is -2.51. The van der Waals surface area contributed by atoms with Crippen LogP contribution in [0.25, 0.3) is 0 Å². The van der Waals surface area contributed by atoms with E-state index < -0.39 is 11.9 Å². The van der Waals surface area contributed by atoms with Gasteiger partial charge in [0.1, 0.15) is 0 Å². The van der Waals surface area contributed by atoms with E-state index in [0.29, 0.717) is 32.1 Å². The molecule has 3 rings (SSSR count). The summed E-state index contributed by atoms with van der Waals surface area (Å²) >= 11 is 0. The van der Waals surface area contributed by atoms with Gasteiger partial charge < -0.3 is 10.4 Å². The topological polar surface area (TPSA) is 82.5 Å². The van der Waals surface area contributed by atoms with Gasteiger partial charge in [-0.2, -0.15) is 0 Å². The van der Waals surface area contributed by atoms with Crippen molar-refractivity contribution in [1.82, 2.24) is 15.2 Å². The van der Waals surface area contributed by atoms with Gasteiger partial charge in [-0.3, -0.25) is 19.5 Å². The molecule has 2 aliphatic rings. The van der Waals surface area contributed by atoms with Gasteiger partial charge in [-0.05, 0) is 31.4 Å². The van der Waals surface area contributed by atoms with E-state index in [1.54, 1.807) is 6.20 Å². The number of aliphatic carboxylic acids is 1. The molecule has 1 amide bonds. The number of likely N-dealkylation sites (tertiary alicyclic amines) is 1. The Hall–Kier alpha value is -1.95. The van der Waals surface area contributed by atoms with Crippen LogP contribution >= 0.6 is 0 Å². The van der Waals surface area contributed by atoms with Gasteiger partial charge >= 0.3 is 5.97 Å². The molecule has 2 fully saturated rings. The van der Waals surface area contributed by atoms with Crippen molar-refractivity contribution >= 4 is 11.9 Å². The van der Waals surface area contributed by atoms with Crippen LogP contribution in [0.3, 0.4) is 0 Å². The Morgan fingerprint density at radius 2 is 1.85 bits per heavy atom. The highest BCUT2D eigenvalue weighted by molar-refractivity contribution is 5.80. The number of pyridine rings is 1. The van der Waals surface area contributed by atoms with Gasteiger partial charge in [0, 0.05) is 25.3 Å². The lowest BCUT2D eigenvalue weighted by molar-refractivity contribution is -0.146. The molecule has 1 saturated heterocycles. The fraction of sp³-hybridized carbons (Fsp3) is 0.650. The molecule has 2 heterocycles. The van der Waals surface area contributed by atoms with Crippen molar-refractivity contribution in [2.24, 2.45) is 11.8 Å². The van der Waals surface area contributed by atoms with Crippen LogP contribution < -0.4 is 5.32 Å². The number of carboxylic acids is 1. The fourth-order valence-corrected chi connectivity index (χ4v) is 4.25. The van der Waals surface area contributed by atoms with Crippen LogP contribution in [0, 0.1) is 11.8 Å². The number of amides is 1. The van der Waals surface area contributed by atoms with Crippen LogP contribution in [-0.4, -0.2) is 46.0 Å². The van der Waals surface area contributed by atoms with Crippen molar-refractivity contribution in [3.63, 3.8) is 0 Å². The molecular formula is C20H29N3O3. The summed E-state index contributed by atoms with van der Waals surface area (Å²) in [5.74, 6) is -1.57. The van der Waals surface area contributed by atoms with Crippen LogP contribution in [0.2, 0.25) is 0 Å². The number of nitrogens with one attached hydrogen (secondary N) is 1. The first kappa shape index (κ1) is 18.8. The summed E-state index contributed by atoms with van der Waals surface area (Å²) < 4.78 is 0. The maximum atomic E-state index is 12.7. The summed E-state index contributed by atoms with van der Waals surface area (Å²) in [5, 5.41) is 12.5. The Bertz CT molecular complexity index is 600. The quantitative estimate of drug-likeness (QED) is 0.789. The molecule has 2 N–H and O–H groups in total. The first-order valence-corrected chi connectivity index (χ1v) is 9.78. The minimum Gasteiger partial charge on any atom is -0.481 e. The summed E-state index contributed by atoms with van der Waals surface area (Å²) in [5.41, 5.74) is 0.812. The normalized spacial score (nSPS) is 25.4. The van der Waals surface area contributed by atoms with Crippen LogP contribution in [0.5, 0.6) is 0 Å². The van der Waals surface area contributed by atoms with Gasteiger partial charge in [0.15, 0.2) is 0 Å². The zero-order valence-electron chi connectivity index (χ0n) is 15.3. The van der Waals surface area contributed by atoms with Crippen LogP contribution in [0.15, 0.2) is 24.4 Å². The first-order valence-electron chi connectivity index (χ1n) is 9.78. The highest BCUT2D eigenvalue weighted by Crippen LogP contribution is 2.29. The number of piperidine rings is 1. The van der Waals surface area contributed by atoms with Gasteiger partial charge in [0.2, 0.25) is 5.91 Å². The zero-order chi connectivity index (χ0) is 18.4. The van der Waals surface area contributed by atoms with Gasteiger partial charge in [-0.1, -0.05) is 31.7 Å². The highest BCUT2D eigenvalue weighted by atomic mass is 16.4. The number of rotatable bonds is 5. The number of hydrogen-bond acceptors (Lipinski definition) is 4. The van der Waals surface area contributed by atoms with E-state index in [2.05, 4.69) is 15.2 Å². The maximum absolute atomic E-state index is 12.7. The van der Waals surface area contributed by atoms with E-state index in [-0.39, 0.29) is 11.8 Å². The number of carbonyl (C=O) groups excluding carboxylic acids is 1. The van der Waals surface area contributed by atoms with Gasteiger partial charge in [-0.25, -0.2) is 0 Å². The molecule has 6 nitrogen and oxygen atoms in total. The molecule has 6 heteroatoms. The highest BCUT2D eigenvalue weighted by Gasteiger charge is 2.37. The van der Waals surface area contributed by atoms with E-state index in [1.807, 2.05) is 18.2 Å². The molecule has 0 spiro atoms. The molecule has 1 aromatic rings. The Kier molecular flexibility index (Phi) is 6.61. The average molecular weight is 359 g/mol. The van der Waals surface area contributed by atoms with Gasteiger partial charge in [-0.15, -0.1) is 0 Å². The lowest BCUT2D eigenvalue weighted by atomic mass is 9.86. The van der Waals surface area contributed by atoms with E-state index in [4.69, 9.17) is 0 Å². The Morgan fingerprint density at radius 1 is 1.12 bits per heavy atom. The first-order chi connectivity index (χ1) is 12.6. The minimum absolute atomic E-state index is 0.0553. The predicted molar refractivity (Wildman–Crippen MR) is 98.4 cm³/mol. The fourth-order valence-electron chi connectivity index (χ4n) is 4.25. The van der Waals surface area contributed by atoms with Crippen molar-refractivity contribution < 1.29 is 14.7 Å². The average Bonchev–Trinajstić information content (AvgIpc) is 2.96. The number of carboxylic acid groups (broad SMARTS) is 1. The largest absolute Gasteiger partial charge is 0.481 e. The van der Waals surface area contributed by atoms with Crippen LogP contribution in [0.1, 0.15) is 50.6 Å². The van der Waals surface area contributed by atoms with Crippen LogP contribution in [-0.2, 0) is 16.1 Å². The minimum atomic E-state index is -0.786. The third-order valence-corrected chi connectivity index (χ3v) is 5.71. The molecule has 0 unspecified atom stereocenters. The van der Waals surface area contributed by atoms with E-state index in [9.17, 15) is 14.7 Å². The second-order valence-electron chi connectivity index (χ2n) is 7.61. The van der Waals surface area contributed by atoms with E-state index >= 15 is 0 Å². The third kappa shape index (κ3) is 5.04. The smallest absolute Gasteiger partial charge is 0.307 e. The number of carbonyl (C=O) groups is 2. The zero-order valence-corrected chi connectivity index (χ0v) is 15.3. The summed E-state index contributed by atoms with van der Waals surface area (Å²) in [4.78, 5) is 30.8. The maximum Gasteiger partial charge on any atom is 0.307 e. The van der Waals surface area contributed by atoms with Gasteiger partial charge in [0.05, 0.1) is 24.1 Å². The molecule has 2 atom stereocenters. The molecule has 142 valence electrons. The lowest BCUT2D eigenvalue weighted by Gasteiger charge is -2.40. The molecule has 1 aliphatic heterocycles. The van der Waals surface area contributed by atoms with E-state index in [1.165, 1.54) is 25.7 Å². The molecule has 1 aliphatic carbocycles. The monoisotopic (exact) mass is 359 g/mol. The summed E-state index contributed by atoms with van der Waals surface area (Å²) in [6, 6.07) is 6.03. The van der Waals surface area contributed by atoms with E-state index in [0.717, 1.165) is 18.5 Å². The van der Waals surface area contributed by atoms with Crippen LogP contribution in [0.4, 0.5) is 0 Å². The molecule has 1 aromatic heterocycles. The van der Waals surface area contributed by atoms with Crippen molar-refractivity contribution in [3.8, 4) is 0 Å². The van der Waals surface area contributed by atoms with Crippen molar-refractivity contribution in [1.29, 1.82) is 0 Å². The molecule has 0 radical (unpaired) electrons. The summed E-state index contributed by atoms with van der Waals surface area (Å²) in [6.07, 6.45) is 9.30. The third-order valence-electron chi connectivity index (χ3n) is 5.71. The predicted octanol–water partition coefficient (Wildman–Crippen LogP) is 2.44. The van der Waals surface area contributed by atoms with Crippen molar-refractivity contribution in [3.05, 3.63) is 30.1 Å². The Balaban J connectivity index is 1.62. The number of hydrogen-bond donors (Lipinski definition) is 2. The second kappa shape index (κ2) is 9.12. The molecule has 1 saturated carbocycles. The summed E-state index contributed by atoms with van der Waals surface area (Å²) in [6.45, 7) is 1.63. The molecule has 0 bridgehead atoms. The Morgan fingerprint density at radius 3 is 2.50 bits per heavy atom. The van der Waals surface area contributed by atoms with Gasteiger partial charge in [0.25, 0.3) is 0 Å². The second-order valence-corrected chi connectivity index (χ2v) is 7.61. The molecule has 26 heavy (non-hydrogen) atoms. The Labute approximate surface area is 155 Å².